The van der Waals surface area contributed by atoms with E-state index in [1.165, 1.54) is 31.8 Å². The summed E-state index contributed by atoms with van der Waals surface area (Å²) in [7, 11) is 2.52. The van der Waals surface area contributed by atoms with E-state index in [1.807, 2.05) is 13.7 Å². The normalized spacial score (nSPS) is 41.0. The van der Waals surface area contributed by atoms with Crippen molar-refractivity contribution in [2.45, 2.75) is 161 Å². The van der Waals surface area contributed by atoms with E-state index in [0.29, 0.717) is 24.7 Å². The van der Waals surface area contributed by atoms with Crippen LogP contribution >= 0.6 is 0 Å². The van der Waals surface area contributed by atoms with Crippen LogP contribution in [0.15, 0.2) is 0 Å². The van der Waals surface area contributed by atoms with E-state index in [1.54, 1.807) is 51.9 Å². The fraction of sp³-hybridized carbons (Fsp3) is 0.896. The molecule has 2 saturated heterocycles. The van der Waals surface area contributed by atoms with Gasteiger partial charge in [-0.05, 0) is 124 Å². The maximum atomic E-state index is 13.3. The molecule has 8 saturated carbocycles. The maximum absolute atomic E-state index is 13.3. The van der Waals surface area contributed by atoms with Crippen LogP contribution in [0.4, 0.5) is 0 Å². The summed E-state index contributed by atoms with van der Waals surface area (Å²) in [5.74, 6) is 4.71. The Morgan fingerprint density at radius 1 is 0.750 bits per heavy atom. The number of ether oxygens (including phenoxy) is 6. The summed E-state index contributed by atoms with van der Waals surface area (Å²) < 4.78 is 33.3. The van der Waals surface area contributed by atoms with Gasteiger partial charge in [0.15, 0.2) is 0 Å². The number of fused-ring (bicyclic) bond motifs is 10. The van der Waals surface area contributed by atoms with Crippen molar-refractivity contribution in [1.29, 1.82) is 0 Å². The first kappa shape index (κ1) is 46.9. The van der Waals surface area contributed by atoms with Crippen molar-refractivity contribution in [3.05, 3.63) is 0 Å². The molecule has 17 atom stereocenters. The van der Waals surface area contributed by atoms with Crippen molar-refractivity contribution >= 4 is 30.7 Å². The monoisotopic (exact) mass is 845 g/mol. The Bertz CT molecular complexity index is 1440. The molecule has 1 N–H and O–H groups in total. The molecule has 10 aliphatic rings. The van der Waals surface area contributed by atoms with Gasteiger partial charge in [0.2, 0.25) is 0 Å². The third-order valence-electron chi connectivity index (χ3n) is 16.6. The van der Waals surface area contributed by atoms with Gasteiger partial charge in [0.05, 0.1) is 42.5 Å². The van der Waals surface area contributed by atoms with Gasteiger partial charge < -0.3 is 38.3 Å². The zero-order valence-corrected chi connectivity index (χ0v) is 37.3. The molecule has 12 nitrogen and oxygen atoms in total. The van der Waals surface area contributed by atoms with Crippen LogP contribution in [-0.4, -0.2) is 93.7 Å². The molecular formula is C48H76O12. The molecule has 8 aliphatic carbocycles. The minimum Gasteiger partial charge on any atom is -0.463 e. The molecule has 0 aromatic carbocycles. The number of aliphatic hydroxyl groups is 1. The molecule has 0 spiro atoms. The van der Waals surface area contributed by atoms with E-state index < -0.39 is 29.8 Å². The second-order valence-corrected chi connectivity index (χ2v) is 20.2. The van der Waals surface area contributed by atoms with Gasteiger partial charge in [0, 0.05) is 26.1 Å². The van der Waals surface area contributed by atoms with Crippen molar-refractivity contribution in [1.82, 2.24) is 0 Å². The molecule has 10 fully saturated rings. The highest BCUT2D eigenvalue weighted by atomic mass is 16.6. The number of epoxide rings is 1. The summed E-state index contributed by atoms with van der Waals surface area (Å²) >= 11 is 0. The molecule has 2 heterocycles. The highest BCUT2D eigenvalue weighted by Crippen LogP contribution is 2.64. The first-order valence-corrected chi connectivity index (χ1v) is 23.7. The van der Waals surface area contributed by atoms with Crippen molar-refractivity contribution in [3.63, 3.8) is 0 Å². The highest BCUT2D eigenvalue weighted by Gasteiger charge is 2.65. The third kappa shape index (κ3) is 10.4. The summed E-state index contributed by atoms with van der Waals surface area (Å²) in [6.07, 6.45) is 18.8. The number of esters is 4. The number of hydrogen-bond donors (Lipinski definition) is 1. The average Bonchev–Trinajstić information content (AvgIpc) is 4.08. The second kappa shape index (κ2) is 21.2. The van der Waals surface area contributed by atoms with Gasteiger partial charge in [-0.15, -0.1) is 0 Å². The van der Waals surface area contributed by atoms with Crippen molar-refractivity contribution < 1.29 is 57.5 Å². The van der Waals surface area contributed by atoms with Gasteiger partial charge in [-0.25, -0.2) is 0 Å². The number of hydrogen-bond acceptors (Lipinski definition) is 12. The predicted molar refractivity (Wildman–Crippen MR) is 222 cm³/mol. The zero-order chi connectivity index (χ0) is 43.2. The summed E-state index contributed by atoms with van der Waals surface area (Å²) in [6, 6.07) is 0. The number of carbonyl (C=O) groups is 5. The summed E-state index contributed by atoms with van der Waals surface area (Å²) in [4.78, 5) is 59.3. The van der Waals surface area contributed by atoms with Crippen LogP contribution in [0.25, 0.3) is 0 Å². The molecule has 0 aromatic rings. The first-order valence-electron chi connectivity index (χ1n) is 23.7. The summed E-state index contributed by atoms with van der Waals surface area (Å²) in [6.45, 7) is 10.3. The second-order valence-electron chi connectivity index (χ2n) is 20.2. The van der Waals surface area contributed by atoms with Crippen LogP contribution in [0, 0.1) is 82.9 Å². The van der Waals surface area contributed by atoms with Crippen LogP contribution in [0.5, 0.6) is 0 Å². The zero-order valence-electron chi connectivity index (χ0n) is 37.3. The lowest BCUT2D eigenvalue weighted by Gasteiger charge is -2.28. The number of aliphatic hydroxyl groups excluding tert-OH is 1. The molecule has 340 valence electrons. The minimum atomic E-state index is -0.666. The Balaban J connectivity index is 0.000000217. The Morgan fingerprint density at radius 3 is 2.05 bits per heavy atom. The van der Waals surface area contributed by atoms with Gasteiger partial charge in [0.1, 0.15) is 31.7 Å². The molecule has 60 heavy (non-hydrogen) atoms. The number of carbonyl (C=O) groups excluding carboxylic acids is 5. The maximum Gasteiger partial charge on any atom is 0.309 e. The van der Waals surface area contributed by atoms with E-state index in [-0.39, 0.29) is 73.9 Å². The minimum absolute atomic E-state index is 0.0511. The Hall–Kier alpha value is -2.57. The molecule has 12 heteroatoms. The molecule has 10 rings (SSSR count). The van der Waals surface area contributed by atoms with Crippen LogP contribution in [0.1, 0.15) is 130 Å². The fourth-order valence-corrected chi connectivity index (χ4v) is 13.6. The van der Waals surface area contributed by atoms with E-state index in [0.717, 1.165) is 62.3 Å². The van der Waals surface area contributed by atoms with Gasteiger partial charge in [-0.3, -0.25) is 19.2 Å². The van der Waals surface area contributed by atoms with Crippen LogP contribution < -0.4 is 0 Å². The average molecular weight is 845 g/mol. The molecule has 17 unspecified atom stereocenters. The van der Waals surface area contributed by atoms with Crippen LogP contribution in [0.3, 0.4) is 0 Å². The first-order chi connectivity index (χ1) is 29.0. The molecule has 2 aliphatic heterocycles. The summed E-state index contributed by atoms with van der Waals surface area (Å²) in [5, 5.41) is 7.00. The quantitative estimate of drug-likeness (QED) is 0.0864. The third-order valence-corrected chi connectivity index (χ3v) is 16.6. The van der Waals surface area contributed by atoms with Crippen molar-refractivity contribution in [3.8, 4) is 0 Å². The Morgan fingerprint density at radius 2 is 1.45 bits per heavy atom. The highest BCUT2D eigenvalue weighted by molar-refractivity contribution is 5.79. The smallest absolute Gasteiger partial charge is 0.309 e. The number of methoxy groups -OCH3 is 1. The Kier molecular flexibility index (Phi) is 16.6. The lowest BCUT2D eigenvalue weighted by molar-refractivity contribution is -0.167. The number of rotatable bonds is 13. The molecule has 6 bridgehead atoms. The molecule has 0 aromatic heterocycles. The van der Waals surface area contributed by atoms with E-state index in [9.17, 15) is 19.2 Å². The lowest BCUT2D eigenvalue weighted by atomic mass is 9.81. The Labute approximate surface area is 358 Å². The molecular weight excluding hydrogens is 769 g/mol. The molecule has 0 amide bonds. The topological polar surface area (TPSA) is 164 Å². The van der Waals surface area contributed by atoms with Gasteiger partial charge in [-0.2, -0.15) is 0 Å². The van der Waals surface area contributed by atoms with Crippen LogP contribution in [-0.2, 0) is 52.4 Å². The van der Waals surface area contributed by atoms with Crippen molar-refractivity contribution in [2.75, 3.05) is 27.4 Å². The van der Waals surface area contributed by atoms with E-state index >= 15 is 0 Å². The lowest BCUT2D eigenvalue weighted by Crippen LogP contribution is -2.38. The van der Waals surface area contributed by atoms with Gasteiger partial charge in [0.25, 0.3) is 0 Å². The van der Waals surface area contributed by atoms with Gasteiger partial charge in [-0.1, -0.05) is 53.4 Å². The predicted octanol–water partition coefficient (Wildman–Crippen LogP) is 7.15. The SMILES string of the molecule is C1CC2CC1C1CC3OC3C21.C1CC2CCC1C2.C=O.CCC(CC(CC(C)C(=O)OC1CC(C)CC1C)C(=O)OCCOC)C(=O)OC1C2CC3C(=O)OC1C3C2.CO. The van der Waals surface area contributed by atoms with E-state index in [2.05, 4.69) is 13.8 Å². The largest absolute Gasteiger partial charge is 0.463 e. The van der Waals surface area contributed by atoms with E-state index in [4.69, 9.17) is 38.3 Å². The summed E-state index contributed by atoms with van der Waals surface area (Å²) in [5.41, 5.74) is 0. The molecule has 0 radical (unpaired) electrons. The standard InChI is InChI=1S/C29H44O9.C10H14O.C7H12.CH4O.CH2O/c1-6-18(28(32)37-24-19-13-21-22(14-19)29(33)38-25(21)24)12-20(27(31)35-8-7-34-5)11-17(4)26(30)36-23-10-15(2)9-16(23)3;1-2-6-3-5(1)7-4-8-10(11-8)9(6)7;1-2-7-4-3-6(1)5-7;2*1-2/h15-25H,6-14H2,1-5H3;5-10H,1-4H2;6-7H,1-5H2;2H,1H3;1H2. The van der Waals surface area contributed by atoms with Crippen LogP contribution in [0.2, 0.25) is 0 Å². The fourth-order valence-electron chi connectivity index (χ4n) is 13.6. The van der Waals surface area contributed by atoms with Crippen molar-refractivity contribution in [2.24, 2.45) is 82.9 Å². The van der Waals surface area contributed by atoms with Gasteiger partial charge >= 0.3 is 23.9 Å².